The van der Waals surface area contributed by atoms with Crippen molar-refractivity contribution in [3.8, 4) is 0 Å². The van der Waals surface area contributed by atoms with Gasteiger partial charge in [0.25, 0.3) is 0 Å². The van der Waals surface area contributed by atoms with Gasteiger partial charge < -0.3 is 9.47 Å². The van der Waals surface area contributed by atoms with Crippen LogP contribution in [-0.4, -0.2) is 26.4 Å². The number of benzene rings is 1. The highest BCUT2D eigenvalue weighted by atomic mass is 16.5. The third-order valence-corrected chi connectivity index (χ3v) is 2.92. The Hall–Kier alpha value is -0.940. The molecule has 0 saturated carbocycles. The number of nitrogens with two attached hydrogens (primary N) is 1. The molecule has 0 heterocycles. The Kier molecular flexibility index (Phi) is 7.60. The van der Waals surface area contributed by atoms with Crippen molar-refractivity contribution in [3.63, 3.8) is 0 Å². The van der Waals surface area contributed by atoms with Gasteiger partial charge in [-0.15, -0.1) is 0 Å². The third-order valence-electron chi connectivity index (χ3n) is 2.92. The minimum absolute atomic E-state index is 0.0157. The van der Waals surface area contributed by atoms with E-state index in [1.54, 1.807) is 7.11 Å². The number of nitrogens with one attached hydrogen (secondary N) is 1. The summed E-state index contributed by atoms with van der Waals surface area (Å²) in [5.74, 6) is 5.65. The summed E-state index contributed by atoms with van der Waals surface area (Å²) in [7, 11) is 1.71. The van der Waals surface area contributed by atoms with Gasteiger partial charge in [-0.3, -0.25) is 11.3 Å². The molecule has 18 heavy (non-hydrogen) atoms. The van der Waals surface area contributed by atoms with Crippen LogP contribution in [0.4, 0.5) is 0 Å². The molecule has 0 saturated heterocycles. The Balaban J connectivity index is 2.68. The Labute approximate surface area is 109 Å². The van der Waals surface area contributed by atoms with Gasteiger partial charge in [0.15, 0.2) is 0 Å². The van der Waals surface area contributed by atoms with E-state index in [-0.39, 0.29) is 12.1 Å². The van der Waals surface area contributed by atoms with E-state index in [4.69, 9.17) is 15.3 Å². The lowest BCUT2D eigenvalue weighted by Gasteiger charge is -2.26. The molecule has 0 aliphatic rings. The second-order valence-corrected chi connectivity index (χ2v) is 4.19. The van der Waals surface area contributed by atoms with Gasteiger partial charge in [0.1, 0.15) is 0 Å². The van der Waals surface area contributed by atoms with Gasteiger partial charge in [-0.25, -0.2) is 0 Å². The summed E-state index contributed by atoms with van der Waals surface area (Å²) in [5, 5.41) is 0. The largest absolute Gasteiger partial charge is 0.385 e. The number of hydrogen-bond acceptors (Lipinski definition) is 4. The number of hydrazine groups is 1. The Morgan fingerprint density at radius 3 is 2.56 bits per heavy atom. The fraction of sp³-hybridized carbons (Fsp3) is 0.571. The highest BCUT2D eigenvalue weighted by Gasteiger charge is 2.22. The van der Waals surface area contributed by atoms with Crippen LogP contribution in [0.1, 0.15) is 31.4 Å². The predicted molar refractivity (Wildman–Crippen MR) is 73.0 cm³/mol. The highest BCUT2D eigenvalue weighted by Crippen LogP contribution is 2.23. The summed E-state index contributed by atoms with van der Waals surface area (Å²) in [6.07, 6.45) is 1.86. The second kappa shape index (κ2) is 9.05. The van der Waals surface area contributed by atoms with Crippen LogP contribution in [0.5, 0.6) is 0 Å². The van der Waals surface area contributed by atoms with E-state index >= 15 is 0 Å². The van der Waals surface area contributed by atoms with E-state index in [1.165, 1.54) is 0 Å². The first kappa shape index (κ1) is 15.1. The van der Waals surface area contributed by atoms with Crippen LogP contribution >= 0.6 is 0 Å². The Morgan fingerprint density at radius 1 is 1.28 bits per heavy atom. The second-order valence-electron chi connectivity index (χ2n) is 4.19. The monoisotopic (exact) mass is 252 g/mol. The molecule has 3 N–H and O–H groups in total. The maximum Gasteiger partial charge on any atom is 0.0991 e. The first-order chi connectivity index (χ1) is 8.83. The van der Waals surface area contributed by atoms with Crippen molar-refractivity contribution >= 4 is 0 Å². The van der Waals surface area contributed by atoms with Crippen molar-refractivity contribution in [3.05, 3.63) is 35.9 Å². The zero-order chi connectivity index (χ0) is 13.2. The van der Waals surface area contributed by atoms with Crippen molar-refractivity contribution in [1.29, 1.82) is 0 Å². The number of rotatable bonds is 9. The maximum atomic E-state index is 5.83. The van der Waals surface area contributed by atoms with Crippen molar-refractivity contribution < 1.29 is 9.47 Å². The SMILES string of the molecule is CCOC(c1ccccc1)C(CCCOC)NN. The number of hydrogen-bond donors (Lipinski definition) is 2. The zero-order valence-electron chi connectivity index (χ0n) is 11.3. The summed E-state index contributed by atoms with van der Waals surface area (Å²) in [6, 6.07) is 10.3. The molecule has 0 amide bonds. The molecule has 0 fully saturated rings. The quantitative estimate of drug-likeness (QED) is 0.401. The molecule has 0 spiro atoms. The molecule has 2 atom stereocenters. The molecule has 0 aromatic heterocycles. The van der Waals surface area contributed by atoms with Crippen LogP contribution in [0.3, 0.4) is 0 Å². The van der Waals surface area contributed by atoms with Crippen LogP contribution in [0, 0.1) is 0 Å². The summed E-state index contributed by atoms with van der Waals surface area (Å²) in [4.78, 5) is 0. The van der Waals surface area contributed by atoms with Crippen molar-refractivity contribution in [2.45, 2.75) is 31.9 Å². The van der Waals surface area contributed by atoms with E-state index in [0.29, 0.717) is 6.61 Å². The first-order valence-corrected chi connectivity index (χ1v) is 6.45. The molecule has 0 aliphatic carbocycles. The molecule has 1 aromatic rings. The molecule has 4 heteroatoms. The predicted octanol–water partition coefficient (Wildman–Crippen LogP) is 2.02. The molecule has 102 valence electrons. The van der Waals surface area contributed by atoms with Gasteiger partial charge in [0.2, 0.25) is 0 Å². The van der Waals surface area contributed by atoms with Gasteiger partial charge >= 0.3 is 0 Å². The normalized spacial score (nSPS) is 14.4. The van der Waals surface area contributed by atoms with E-state index in [0.717, 1.165) is 25.0 Å². The van der Waals surface area contributed by atoms with Gasteiger partial charge in [-0.05, 0) is 25.3 Å². The van der Waals surface area contributed by atoms with E-state index in [9.17, 15) is 0 Å². The lowest BCUT2D eigenvalue weighted by atomic mass is 9.99. The van der Waals surface area contributed by atoms with Gasteiger partial charge in [-0.1, -0.05) is 30.3 Å². The van der Waals surface area contributed by atoms with Gasteiger partial charge in [0, 0.05) is 20.3 Å². The Bertz CT molecular complexity index is 306. The van der Waals surface area contributed by atoms with Gasteiger partial charge in [-0.2, -0.15) is 0 Å². The van der Waals surface area contributed by atoms with Crippen LogP contribution in [0.25, 0.3) is 0 Å². The summed E-state index contributed by atoms with van der Waals surface area (Å²) < 4.78 is 10.9. The summed E-state index contributed by atoms with van der Waals surface area (Å²) in [6.45, 7) is 3.41. The molecule has 4 nitrogen and oxygen atoms in total. The van der Waals surface area contributed by atoms with Crippen molar-refractivity contribution in [2.75, 3.05) is 20.3 Å². The molecule has 1 rings (SSSR count). The van der Waals surface area contributed by atoms with Crippen LogP contribution in [0.2, 0.25) is 0 Å². The Morgan fingerprint density at radius 2 is 2.00 bits per heavy atom. The lowest BCUT2D eigenvalue weighted by molar-refractivity contribution is 0.0284. The van der Waals surface area contributed by atoms with Crippen molar-refractivity contribution in [2.24, 2.45) is 5.84 Å². The van der Waals surface area contributed by atoms with E-state index in [2.05, 4.69) is 17.6 Å². The van der Waals surface area contributed by atoms with E-state index < -0.39 is 0 Å². The molecule has 0 bridgehead atoms. The summed E-state index contributed by atoms with van der Waals surface area (Å²) >= 11 is 0. The fourth-order valence-corrected chi connectivity index (χ4v) is 2.04. The molecule has 0 aliphatic heterocycles. The number of methoxy groups -OCH3 is 1. The maximum absolute atomic E-state index is 5.83. The highest BCUT2D eigenvalue weighted by molar-refractivity contribution is 5.19. The molecule has 1 aromatic carbocycles. The summed E-state index contributed by atoms with van der Waals surface area (Å²) in [5.41, 5.74) is 4.02. The minimum Gasteiger partial charge on any atom is -0.385 e. The number of ether oxygens (including phenoxy) is 2. The lowest BCUT2D eigenvalue weighted by Crippen LogP contribution is -2.41. The topological polar surface area (TPSA) is 56.5 Å². The standard InChI is InChI=1S/C14H24N2O2/c1-3-18-14(12-8-5-4-6-9-12)13(16-15)10-7-11-17-2/h4-6,8-9,13-14,16H,3,7,10-11,15H2,1-2H3. The van der Waals surface area contributed by atoms with Crippen molar-refractivity contribution in [1.82, 2.24) is 5.43 Å². The third kappa shape index (κ3) is 4.74. The van der Waals surface area contributed by atoms with Crippen LogP contribution in [0.15, 0.2) is 30.3 Å². The molecular weight excluding hydrogens is 228 g/mol. The van der Waals surface area contributed by atoms with E-state index in [1.807, 2.05) is 25.1 Å². The molecule has 0 radical (unpaired) electrons. The smallest absolute Gasteiger partial charge is 0.0991 e. The fourth-order valence-electron chi connectivity index (χ4n) is 2.04. The molecule has 2 unspecified atom stereocenters. The van der Waals surface area contributed by atoms with Gasteiger partial charge in [0.05, 0.1) is 12.1 Å². The zero-order valence-corrected chi connectivity index (χ0v) is 11.3. The first-order valence-electron chi connectivity index (χ1n) is 6.45. The molecular formula is C14H24N2O2. The average Bonchev–Trinajstić information content (AvgIpc) is 2.43. The minimum atomic E-state index is -0.0157. The van der Waals surface area contributed by atoms with Crippen LogP contribution < -0.4 is 11.3 Å². The average molecular weight is 252 g/mol. The van der Waals surface area contributed by atoms with Crippen LogP contribution in [-0.2, 0) is 9.47 Å².